The zero-order valence-corrected chi connectivity index (χ0v) is 26.4. The third kappa shape index (κ3) is 7.96. The van der Waals surface area contributed by atoms with Gasteiger partial charge in [0.1, 0.15) is 18.3 Å². The van der Waals surface area contributed by atoms with Crippen molar-refractivity contribution >= 4 is 27.5 Å². The van der Waals surface area contributed by atoms with Crippen LogP contribution in [0.5, 0.6) is 5.75 Å². The summed E-state index contributed by atoms with van der Waals surface area (Å²) in [5.41, 5.74) is 3.02. The van der Waals surface area contributed by atoms with E-state index in [1.807, 2.05) is 57.2 Å². The number of anilines is 1. The van der Waals surface area contributed by atoms with Crippen molar-refractivity contribution in [2.24, 2.45) is 0 Å². The summed E-state index contributed by atoms with van der Waals surface area (Å²) in [6.07, 6.45) is 4.92. The molecule has 1 N–H and O–H groups in total. The minimum absolute atomic E-state index is 0.0660. The van der Waals surface area contributed by atoms with Crippen LogP contribution < -0.4 is 14.4 Å². The van der Waals surface area contributed by atoms with E-state index in [2.05, 4.69) is 5.32 Å². The number of hydrogen-bond acceptors (Lipinski definition) is 5. The lowest BCUT2D eigenvalue weighted by Crippen LogP contribution is -2.54. The Morgan fingerprint density at radius 2 is 1.60 bits per heavy atom. The first-order valence-electron chi connectivity index (χ1n) is 15.0. The van der Waals surface area contributed by atoms with E-state index in [4.69, 9.17) is 4.74 Å². The van der Waals surface area contributed by atoms with Gasteiger partial charge in [-0.1, -0.05) is 73.9 Å². The van der Waals surface area contributed by atoms with E-state index in [0.29, 0.717) is 18.6 Å². The van der Waals surface area contributed by atoms with Gasteiger partial charge in [-0.3, -0.25) is 13.9 Å². The summed E-state index contributed by atoms with van der Waals surface area (Å²) in [6.45, 7) is 5.40. The number of amides is 2. The van der Waals surface area contributed by atoms with Gasteiger partial charge in [0.15, 0.2) is 0 Å². The fourth-order valence-electron chi connectivity index (χ4n) is 5.61. The minimum atomic E-state index is -4.18. The average Bonchev–Trinajstić information content (AvgIpc) is 3.51. The SMILES string of the molecule is CC[C@H](C(=O)NC1CCCC1)N(CCc1ccccc1)C(=O)CN(c1cc(C)ccc1OC)S(=O)(=O)c1ccc(C)cc1. The van der Waals surface area contributed by atoms with Gasteiger partial charge in [-0.15, -0.1) is 0 Å². The van der Waals surface area contributed by atoms with E-state index in [0.717, 1.165) is 46.7 Å². The van der Waals surface area contributed by atoms with Gasteiger partial charge >= 0.3 is 0 Å². The van der Waals surface area contributed by atoms with Crippen molar-refractivity contribution in [1.29, 1.82) is 0 Å². The van der Waals surface area contributed by atoms with Crippen LogP contribution in [0.3, 0.4) is 0 Å². The highest BCUT2D eigenvalue weighted by molar-refractivity contribution is 7.92. The molecule has 9 heteroatoms. The number of carbonyl (C=O) groups is 2. The van der Waals surface area contributed by atoms with Gasteiger partial charge in [0, 0.05) is 12.6 Å². The molecule has 1 atom stereocenters. The number of hydrogen-bond donors (Lipinski definition) is 1. The molecule has 3 aromatic carbocycles. The Hall–Kier alpha value is -3.85. The molecule has 43 heavy (non-hydrogen) atoms. The van der Waals surface area contributed by atoms with Gasteiger partial charge in [-0.05, 0) is 74.9 Å². The lowest BCUT2D eigenvalue weighted by molar-refractivity contribution is -0.139. The summed E-state index contributed by atoms with van der Waals surface area (Å²) in [7, 11) is -2.71. The quantitative estimate of drug-likeness (QED) is 0.281. The van der Waals surface area contributed by atoms with Crippen LogP contribution in [-0.4, -0.2) is 57.4 Å². The van der Waals surface area contributed by atoms with E-state index >= 15 is 0 Å². The van der Waals surface area contributed by atoms with Crippen molar-refractivity contribution < 1.29 is 22.7 Å². The van der Waals surface area contributed by atoms with E-state index < -0.39 is 28.5 Å². The van der Waals surface area contributed by atoms with Crippen molar-refractivity contribution in [1.82, 2.24) is 10.2 Å². The first-order valence-corrected chi connectivity index (χ1v) is 16.5. The first-order chi connectivity index (χ1) is 20.6. The Bertz CT molecular complexity index is 1490. The lowest BCUT2D eigenvalue weighted by atomic mass is 10.1. The molecule has 0 radical (unpaired) electrons. The molecular weight excluding hydrogens is 562 g/mol. The van der Waals surface area contributed by atoms with Gasteiger partial charge in [-0.2, -0.15) is 0 Å². The summed E-state index contributed by atoms with van der Waals surface area (Å²) in [6, 6.07) is 20.9. The molecule has 0 aliphatic heterocycles. The molecule has 8 nitrogen and oxygen atoms in total. The topological polar surface area (TPSA) is 96.0 Å². The Balaban J connectivity index is 1.72. The van der Waals surface area contributed by atoms with Crippen molar-refractivity contribution in [2.45, 2.75) is 76.3 Å². The maximum Gasteiger partial charge on any atom is 0.264 e. The Labute approximate surface area is 256 Å². The predicted octanol–water partition coefficient (Wildman–Crippen LogP) is 5.42. The minimum Gasteiger partial charge on any atom is -0.495 e. The fraction of sp³-hybridized carbons (Fsp3) is 0.412. The number of nitrogens with one attached hydrogen (secondary N) is 1. The number of methoxy groups -OCH3 is 1. The first kappa shape index (κ1) is 32.1. The second kappa shape index (κ2) is 14.6. The van der Waals surface area contributed by atoms with Crippen LogP contribution in [0.2, 0.25) is 0 Å². The standard InChI is InChI=1S/C34H43N3O5S/c1-5-30(34(39)35-28-13-9-10-14-28)36(22-21-27-11-7-6-8-12-27)33(38)24-37(31-23-26(3)17-20-32(31)42-4)43(40,41)29-18-15-25(2)16-19-29/h6-8,11-12,15-20,23,28,30H,5,9-10,13-14,21-22,24H2,1-4H3,(H,35,39)/t30-/m1/s1. The van der Waals surface area contributed by atoms with Crippen LogP contribution in [0.4, 0.5) is 5.69 Å². The third-order valence-electron chi connectivity index (χ3n) is 8.06. The molecule has 3 aromatic rings. The van der Waals surface area contributed by atoms with E-state index in [1.165, 1.54) is 7.11 Å². The molecule has 0 bridgehead atoms. The molecular formula is C34H43N3O5S. The largest absolute Gasteiger partial charge is 0.495 e. The molecule has 0 unspecified atom stereocenters. The maximum atomic E-state index is 14.3. The number of rotatable bonds is 13. The van der Waals surface area contributed by atoms with Crippen LogP contribution in [0, 0.1) is 13.8 Å². The molecule has 1 aliphatic rings. The predicted molar refractivity (Wildman–Crippen MR) is 170 cm³/mol. The van der Waals surface area contributed by atoms with Gasteiger partial charge in [0.2, 0.25) is 11.8 Å². The molecule has 230 valence electrons. The number of aryl methyl sites for hydroxylation is 2. The van der Waals surface area contributed by atoms with E-state index in [9.17, 15) is 18.0 Å². The van der Waals surface area contributed by atoms with E-state index in [-0.39, 0.29) is 29.1 Å². The monoisotopic (exact) mass is 605 g/mol. The Kier molecular flexibility index (Phi) is 10.9. The maximum absolute atomic E-state index is 14.3. The average molecular weight is 606 g/mol. The number of ether oxygens (including phenoxy) is 1. The summed E-state index contributed by atoms with van der Waals surface area (Å²) in [5, 5.41) is 3.15. The highest BCUT2D eigenvalue weighted by Gasteiger charge is 2.35. The fourth-order valence-corrected chi connectivity index (χ4v) is 7.03. The van der Waals surface area contributed by atoms with Crippen molar-refractivity contribution in [3.63, 3.8) is 0 Å². The second-order valence-electron chi connectivity index (χ2n) is 11.2. The molecule has 1 fully saturated rings. The van der Waals surface area contributed by atoms with Crippen LogP contribution >= 0.6 is 0 Å². The number of nitrogens with zero attached hydrogens (tertiary/aromatic N) is 2. The van der Waals surface area contributed by atoms with Crippen molar-refractivity contribution in [3.8, 4) is 5.75 Å². The van der Waals surface area contributed by atoms with Crippen molar-refractivity contribution in [3.05, 3.63) is 89.5 Å². The number of carbonyl (C=O) groups excluding carboxylic acids is 2. The van der Waals surface area contributed by atoms with E-state index in [1.54, 1.807) is 41.3 Å². The van der Waals surface area contributed by atoms with Gasteiger partial charge < -0.3 is 15.0 Å². The molecule has 2 amide bonds. The third-order valence-corrected chi connectivity index (χ3v) is 9.84. The Morgan fingerprint density at radius 3 is 2.23 bits per heavy atom. The molecule has 1 aliphatic carbocycles. The summed E-state index contributed by atoms with van der Waals surface area (Å²) < 4.78 is 35.0. The van der Waals surface area contributed by atoms with Crippen molar-refractivity contribution in [2.75, 3.05) is 24.5 Å². The molecule has 0 aromatic heterocycles. The summed E-state index contributed by atoms with van der Waals surface area (Å²) in [5.74, 6) is -0.323. The molecule has 0 spiro atoms. The highest BCUT2D eigenvalue weighted by atomic mass is 32.2. The normalized spacial score (nSPS) is 14.2. The Morgan fingerprint density at radius 1 is 0.953 bits per heavy atom. The molecule has 4 rings (SSSR count). The number of benzene rings is 3. The molecule has 0 saturated heterocycles. The zero-order valence-electron chi connectivity index (χ0n) is 25.6. The van der Waals surface area contributed by atoms with Crippen LogP contribution in [-0.2, 0) is 26.0 Å². The zero-order chi connectivity index (χ0) is 31.0. The summed E-state index contributed by atoms with van der Waals surface area (Å²) in [4.78, 5) is 29.5. The summed E-state index contributed by atoms with van der Waals surface area (Å²) >= 11 is 0. The second-order valence-corrected chi connectivity index (χ2v) is 13.1. The van der Waals surface area contributed by atoms with Gasteiger partial charge in [0.05, 0.1) is 17.7 Å². The van der Waals surface area contributed by atoms with Crippen LogP contribution in [0.15, 0.2) is 77.7 Å². The van der Waals surface area contributed by atoms with Crippen LogP contribution in [0.1, 0.15) is 55.7 Å². The highest BCUT2D eigenvalue weighted by Crippen LogP contribution is 2.34. The molecule has 1 saturated carbocycles. The van der Waals surface area contributed by atoms with Gasteiger partial charge in [-0.25, -0.2) is 8.42 Å². The number of sulfonamides is 1. The lowest BCUT2D eigenvalue weighted by Gasteiger charge is -2.34. The van der Waals surface area contributed by atoms with Gasteiger partial charge in [0.25, 0.3) is 10.0 Å². The van der Waals surface area contributed by atoms with Crippen LogP contribution in [0.25, 0.3) is 0 Å². The molecule has 0 heterocycles. The smallest absolute Gasteiger partial charge is 0.264 e.